The molecule has 56 heavy (non-hydrogen) atoms. The third kappa shape index (κ3) is 45.1. The first-order chi connectivity index (χ1) is 27.6. The summed E-state index contributed by atoms with van der Waals surface area (Å²) in [6.45, 7) is 4.17. The van der Waals surface area contributed by atoms with Crippen LogP contribution in [0.2, 0.25) is 0 Å². The van der Waals surface area contributed by atoms with Gasteiger partial charge in [-0.1, -0.05) is 237 Å². The number of rotatable bonds is 46. The van der Waals surface area contributed by atoms with Crippen molar-refractivity contribution in [3.63, 3.8) is 0 Å². The minimum Gasteiger partial charge on any atom is -0.462 e. The fourth-order valence-corrected chi connectivity index (χ4v) is 7.47. The Morgan fingerprint density at radius 2 is 0.714 bits per heavy atom. The monoisotopic (exact) mass is 789 g/mol. The number of hydrogen-bond donors (Lipinski definition) is 1. The summed E-state index contributed by atoms with van der Waals surface area (Å²) in [6.07, 6.45) is 58.4. The van der Waals surface area contributed by atoms with Gasteiger partial charge in [-0.15, -0.1) is 0 Å². The van der Waals surface area contributed by atoms with Crippen molar-refractivity contribution in [2.24, 2.45) is 0 Å². The molecule has 0 saturated heterocycles. The number of hydrogen-bond acceptors (Lipinski definition) is 5. The number of aliphatic hydroxyl groups is 1. The Hall–Kier alpha value is -1.62. The molecule has 0 aromatic carbocycles. The van der Waals surface area contributed by atoms with E-state index in [1.807, 2.05) is 0 Å². The molecule has 330 valence electrons. The maximum absolute atomic E-state index is 12.3. The van der Waals surface area contributed by atoms with Gasteiger partial charge in [0.15, 0.2) is 6.10 Å². The van der Waals surface area contributed by atoms with Crippen molar-refractivity contribution in [2.45, 2.75) is 277 Å². The van der Waals surface area contributed by atoms with E-state index >= 15 is 0 Å². The van der Waals surface area contributed by atoms with Crippen LogP contribution in [0.1, 0.15) is 271 Å². The molecule has 0 fully saturated rings. The van der Waals surface area contributed by atoms with Crippen LogP contribution in [-0.2, 0) is 19.1 Å². The minimum absolute atomic E-state index is 0.0610. The number of aliphatic hydroxyl groups excluding tert-OH is 1. The molecule has 1 unspecified atom stereocenters. The standard InChI is InChI=1S/C51H96O5/c1-3-5-7-9-11-13-15-17-19-21-23-24-25-26-28-30-32-34-36-38-40-42-44-46-51(54)56-49(47-52)48-55-50(53)45-43-41-39-37-35-33-31-29-27-22-20-18-16-14-12-10-8-6-4-2/h15,17,21,23,49,52H,3-14,16,18-20,22,24-48H2,1-2H3/b17-15-,23-21-. The highest BCUT2D eigenvalue weighted by atomic mass is 16.6. The van der Waals surface area contributed by atoms with E-state index in [9.17, 15) is 14.7 Å². The molecular weight excluding hydrogens is 693 g/mol. The first-order valence-corrected chi connectivity index (χ1v) is 24.9. The molecule has 0 aromatic heterocycles. The summed E-state index contributed by atoms with van der Waals surface area (Å²) in [4.78, 5) is 24.4. The Balaban J connectivity index is 3.47. The van der Waals surface area contributed by atoms with Gasteiger partial charge in [-0.05, 0) is 44.9 Å². The van der Waals surface area contributed by atoms with Crippen molar-refractivity contribution in [3.8, 4) is 0 Å². The fraction of sp³-hybridized carbons (Fsp3) is 0.882. The SMILES string of the molecule is CCCCCCC/C=C\C/C=C\CCCCCCCCCCCCCC(=O)OC(CO)COC(=O)CCCCCCCCCCCCCCCCCCCCC. The zero-order chi connectivity index (χ0) is 40.7. The highest BCUT2D eigenvalue weighted by Crippen LogP contribution is 2.16. The summed E-state index contributed by atoms with van der Waals surface area (Å²) in [6, 6.07) is 0. The zero-order valence-electron chi connectivity index (χ0n) is 37.7. The van der Waals surface area contributed by atoms with Crippen molar-refractivity contribution in [2.75, 3.05) is 13.2 Å². The number of ether oxygens (including phenoxy) is 2. The minimum atomic E-state index is -0.769. The predicted octanol–water partition coefficient (Wildman–Crippen LogP) is 16.2. The van der Waals surface area contributed by atoms with Gasteiger partial charge in [0.05, 0.1) is 6.61 Å². The lowest BCUT2D eigenvalue weighted by atomic mass is 10.0. The molecule has 0 aliphatic heterocycles. The maximum atomic E-state index is 12.3. The van der Waals surface area contributed by atoms with E-state index in [-0.39, 0.29) is 25.2 Å². The molecule has 0 spiro atoms. The Kier molecular flexibility index (Phi) is 46.4. The van der Waals surface area contributed by atoms with Gasteiger partial charge in [-0.3, -0.25) is 9.59 Å². The largest absolute Gasteiger partial charge is 0.462 e. The van der Waals surface area contributed by atoms with Gasteiger partial charge in [-0.2, -0.15) is 0 Å². The first kappa shape index (κ1) is 54.4. The number of unbranched alkanes of at least 4 members (excludes halogenated alkanes) is 34. The maximum Gasteiger partial charge on any atom is 0.306 e. The van der Waals surface area contributed by atoms with E-state index in [4.69, 9.17) is 9.47 Å². The van der Waals surface area contributed by atoms with Crippen LogP contribution in [0.3, 0.4) is 0 Å². The van der Waals surface area contributed by atoms with Crippen molar-refractivity contribution < 1.29 is 24.2 Å². The highest BCUT2D eigenvalue weighted by Gasteiger charge is 2.16. The van der Waals surface area contributed by atoms with Crippen LogP contribution >= 0.6 is 0 Å². The molecule has 0 aromatic rings. The average Bonchev–Trinajstić information content (AvgIpc) is 3.20. The summed E-state index contributed by atoms with van der Waals surface area (Å²) < 4.78 is 10.7. The van der Waals surface area contributed by atoms with Crippen LogP contribution in [0.25, 0.3) is 0 Å². The summed E-state index contributed by atoms with van der Waals surface area (Å²) in [5.41, 5.74) is 0. The van der Waals surface area contributed by atoms with Gasteiger partial charge in [0.1, 0.15) is 6.61 Å². The van der Waals surface area contributed by atoms with E-state index in [0.29, 0.717) is 12.8 Å². The number of carbonyl (C=O) groups excluding carboxylic acids is 2. The molecule has 0 rings (SSSR count). The van der Waals surface area contributed by atoms with Crippen LogP contribution in [0, 0.1) is 0 Å². The molecule has 5 nitrogen and oxygen atoms in total. The molecule has 0 aliphatic rings. The Morgan fingerprint density at radius 3 is 1.05 bits per heavy atom. The van der Waals surface area contributed by atoms with Gasteiger partial charge < -0.3 is 14.6 Å². The molecule has 5 heteroatoms. The van der Waals surface area contributed by atoms with Crippen molar-refractivity contribution in [1.29, 1.82) is 0 Å². The molecule has 0 aliphatic carbocycles. The van der Waals surface area contributed by atoms with Gasteiger partial charge in [-0.25, -0.2) is 0 Å². The third-order valence-electron chi connectivity index (χ3n) is 11.2. The highest BCUT2D eigenvalue weighted by molar-refractivity contribution is 5.70. The Morgan fingerprint density at radius 1 is 0.411 bits per heavy atom. The zero-order valence-corrected chi connectivity index (χ0v) is 37.7. The molecule has 0 saturated carbocycles. The van der Waals surface area contributed by atoms with Crippen molar-refractivity contribution in [1.82, 2.24) is 0 Å². The topological polar surface area (TPSA) is 72.8 Å². The number of allylic oxidation sites excluding steroid dienone is 4. The van der Waals surface area contributed by atoms with Crippen molar-refractivity contribution >= 4 is 11.9 Å². The summed E-state index contributed by atoms with van der Waals surface area (Å²) >= 11 is 0. The second kappa shape index (κ2) is 47.8. The van der Waals surface area contributed by atoms with E-state index < -0.39 is 6.10 Å². The van der Waals surface area contributed by atoms with Crippen LogP contribution in [0.15, 0.2) is 24.3 Å². The van der Waals surface area contributed by atoms with E-state index in [0.717, 1.165) is 38.5 Å². The van der Waals surface area contributed by atoms with Crippen LogP contribution in [0.5, 0.6) is 0 Å². The average molecular weight is 789 g/mol. The summed E-state index contributed by atoms with van der Waals surface area (Å²) in [5, 5.41) is 9.62. The lowest BCUT2D eigenvalue weighted by Crippen LogP contribution is -2.28. The summed E-state index contributed by atoms with van der Waals surface area (Å²) in [5.74, 6) is -0.577. The molecule has 1 atom stereocenters. The van der Waals surface area contributed by atoms with Crippen LogP contribution < -0.4 is 0 Å². The van der Waals surface area contributed by atoms with Crippen molar-refractivity contribution in [3.05, 3.63) is 24.3 Å². The first-order valence-electron chi connectivity index (χ1n) is 24.9. The van der Waals surface area contributed by atoms with Gasteiger partial charge >= 0.3 is 11.9 Å². The molecule has 0 bridgehead atoms. The molecular formula is C51H96O5. The molecule has 0 radical (unpaired) electrons. The second-order valence-electron chi connectivity index (χ2n) is 16.9. The Labute approximate surface area is 349 Å². The fourth-order valence-electron chi connectivity index (χ4n) is 7.47. The third-order valence-corrected chi connectivity index (χ3v) is 11.2. The van der Waals surface area contributed by atoms with E-state index in [1.165, 1.54) is 205 Å². The van der Waals surface area contributed by atoms with Gasteiger partial charge in [0, 0.05) is 12.8 Å². The summed E-state index contributed by atoms with van der Waals surface area (Å²) in [7, 11) is 0. The quantitative estimate of drug-likeness (QED) is 0.0378. The Bertz CT molecular complexity index is 851. The van der Waals surface area contributed by atoms with E-state index in [1.54, 1.807) is 0 Å². The molecule has 0 heterocycles. The van der Waals surface area contributed by atoms with Gasteiger partial charge in [0.25, 0.3) is 0 Å². The molecule has 1 N–H and O–H groups in total. The predicted molar refractivity (Wildman–Crippen MR) is 242 cm³/mol. The second-order valence-corrected chi connectivity index (χ2v) is 16.9. The number of carbonyl (C=O) groups is 2. The van der Waals surface area contributed by atoms with Crippen LogP contribution in [-0.4, -0.2) is 36.4 Å². The van der Waals surface area contributed by atoms with E-state index in [2.05, 4.69) is 38.2 Å². The molecule has 0 amide bonds. The van der Waals surface area contributed by atoms with Gasteiger partial charge in [0.2, 0.25) is 0 Å². The van der Waals surface area contributed by atoms with Crippen LogP contribution in [0.4, 0.5) is 0 Å². The smallest absolute Gasteiger partial charge is 0.306 e. The number of esters is 2. The lowest BCUT2D eigenvalue weighted by Gasteiger charge is -2.15. The normalized spacial score (nSPS) is 12.3. The lowest BCUT2D eigenvalue weighted by molar-refractivity contribution is -0.161.